The molecule has 0 saturated heterocycles. The minimum absolute atomic E-state index is 0.204. The van der Waals surface area contributed by atoms with Crippen LogP contribution in [0.2, 0.25) is 0 Å². The second-order valence-electron chi connectivity index (χ2n) is 5.82. The molecule has 0 radical (unpaired) electrons. The van der Waals surface area contributed by atoms with E-state index in [0.29, 0.717) is 41.8 Å². The quantitative estimate of drug-likeness (QED) is 0.784. The fraction of sp³-hybridized carbons (Fsp3) is 0.150. The molecule has 0 atom stereocenters. The molecule has 0 aliphatic carbocycles. The van der Waals surface area contributed by atoms with Gasteiger partial charge in [0.05, 0.1) is 13.2 Å². The maximum absolute atomic E-state index is 12.5. The lowest BCUT2D eigenvalue weighted by Crippen LogP contribution is -2.12. The summed E-state index contributed by atoms with van der Waals surface area (Å²) in [6, 6.07) is 14.4. The lowest BCUT2D eigenvalue weighted by atomic mass is 10.1. The van der Waals surface area contributed by atoms with Crippen molar-refractivity contribution in [3.8, 4) is 22.9 Å². The van der Waals surface area contributed by atoms with Gasteiger partial charge in [-0.3, -0.25) is 4.79 Å². The smallest absolute Gasteiger partial charge is 0.255 e. The molecule has 0 spiro atoms. The van der Waals surface area contributed by atoms with E-state index in [0.717, 1.165) is 12.0 Å². The Bertz CT molecular complexity index is 911. The van der Waals surface area contributed by atoms with Crippen molar-refractivity contribution in [1.29, 1.82) is 0 Å². The van der Waals surface area contributed by atoms with Gasteiger partial charge in [-0.15, -0.1) is 0 Å². The van der Waals surface area contributed by atoms with Crippen LogP contribution in [-0.4, -0.2) is 29.1 Å². The molecule has 1 aliphatic heterocycles. The van der Waals surface area contributed by atoms with Crippen LogP contribution >= 0.6 is 0 Å². The molecule has 1 amide bonds. The van der Waals surface area contributed by atoms with E-state index in [-0.39, 0.29) is 5.91 Å². The number of nitrogens with one attached hydrogen (secondary N) is 1. The van der Waals surface area contributed by atoms with E-state index in [4.69, 9.17) is 9.47 Å². The predicted octanol–water partition coefficient (Wildman–Crippen LogP) is 3.56. The van der Waals surface area contributed by atoms with Gasteiger partial charge < -0.3 is 14.8 Å². The minimum atomic E-state index is -0.204. The molecule has 1 N–H and O–H groups in total. The van der Waals surface area contributed by atoms with Gasteiger partial charge in [0.25, 0.3) is 5.91 Å². The molecule has 4 rings (SSSR count). The standard InChI is InChI=1S/C20H17N3O3/c24-20(15-5-8-17-18(13-15)26-12-2-11-25-17)23-16-6-3-14(4-7-16)19-21-9-1-10-22-19/h1,3-10,13H,2,11-12H2,(H,23,24). The Morgan fingerprint density at radius 2 is 1.65 bits per heavy atom. The number of nitrogens with zero attached hydrogens (tertiary/aromatic N) is 2. The zero-order chi connectivity index (χ0) is 17.8. The van der Waals surface area contributed by atoms with Gasteiger partial charge in [-0.25, -0.2) is 9.97 Å². The first-order valence-corrected chi connectivity index (χ1v) is 8.38. The normalized spacial score (nSPS) is 12.9. The third kappa shape index (κ3) is 3.49. The molecule has 1 aliphatic rings. The summed E-state index contributed by atoms with van der Waals surface area (Å²) in [5.74, 6) is 1.72. The van der Waals surface area contributed by atoms with Gasteiger partial charge in [-0.05, 0) is 48.5 Å². The SMILES string of the molecule is O=C(Nc1ccc(-c2ncccn2)cc1)c1ccc2c(c1)OCCCO2. The number of amides is 1. The van der Waals surface area contributed by atoms with Gasteiger partial charge in [0.2, 0.25) is 0 Å². The highest BCUT2D eigenvalue weighted by Gasteiger charge is 2.14. The van der Waals surface area contributed by atoms with Gasteiger partial charge in [-0.1, -0.05) is 0 Å². The topological polar surface area (TPSA) is 73.3 Å². The number of benzene rings is 2. The molecule has 0 bridgehead atoms. The van der Waals surface area contributed by atoms with Crippen molar-refractivity contribution in [3.63, 3.8) is 0 Å². The van der Waals surface area contributed by atoms with E-state index in [2.05, 4.69) is 15.3 Å². The Kier molecular flexibility index (Phi) is 4.47. The van der Waals surface area contributed by atoms with Crippen LogP contribution < -0.4 is 14.8 Å². The van der Waals surface area contributed by atoms with Crippen molar-refractivity contribution < 1.29 is 14.3 Å². The van der Waals surface area contributed by atoms with Crippen LogP contribution in [0.15, 0.2) is 60.9 Å². The van der Waals surface area contributed by atoms with E-state index in [1.54, 1.807) is 36.7 Å². The summed E-state index contributed by atoms with van der Waals surface area (Å²) in [6.45, 7) is 1.21. The Balaban J connectivity index is 1.49. The van der Waals surface area contributed by atoms with Crippen LogP contribution in [0.5, 0.6) is 11.5 Å². The lowest BCUT2D eigenvalue weighted by Gasteiger charge is -2.10. The molecule has 1 aromatic heterocycles. The number of carbonyl (C=O) groups excluding carboxylic acids is 1. The first-order chi connectivity index (χ1) is 12.8. The monoisotopic (exact) mass is 347 g/mol. The minimum Gasteiger partial charge on any atom is -0.490 e. The van der Waals surface area contributed by atoms with Gasteiger partial charge in [-0.2, -0.15) is 0 Å². The summed E-state index contributed by atoms with van der Waals surface area (Å²) in [7, 11) is 0. The van der Waals surface area contributed by atoms with E-state index < -0.39 is 0 Å². The van der Waals surface area contributed by atoms with Crippen molar-refractivity contribution >= 4 is 11.6 Å². The van der Waals surface area contributed by atoms with Crippen LogP contribution in [0.25, 0.3) is 11.4 Å². The summed E-state index contributed by atoms with van der Waals surface area (Å²) in [5, 5.41) is 2.88. The van der Waals surface area contributed by atoms with E-state index in [1.165, 1.54) is 0 Å². The number of fused-ring (bicyclic) bond motifs is 1. The molecule has 130 valence electrons. The fourth-order valence-electron chi connectivity index (χ4n) is 2.66. The number of ether oxygens (including phenoxy) is 2. The third-order valence-electron chi connectivity index (χ3n) is 3.98. The van der Waals surface area contributed by atoms with Gasteiger partial charge in [0.15, 0.2) is 17.3 Å². The van der Waals surface area contributed by atoms with Gasteiger partial charge >= 0.3 is 0 Å². The summed E-state index contributed by atoms with van der Waals surface area (Å²) < 4.78 is 11.2. The van der Waals surface area contributed by atoms with Crippen molar-refractivity contribution in [2.75, 3.05) is 18.5 Å². The molecule has 3 aromatic rings. The number of hydrogen-bond acceptors (Lipinski definition) is 5. The number of rotatable bonds is 3. The maximum Gasteiger partial charge on any atom is 0.255 e. The van der Waals surface area contributed by atoms with E-state index >= 15 is 0 Å². The summed E-state index contributed by atoms with van der Waals surface area (Å²) >= 11 is 0. The molecule has 2 aromatic carbocycles. The predicted molar refractivity (Wildman–Crippen MR) is 97.5 cm³/mol. The molecule has 6 nitrogen and oxygen atoms in total. The van der Waals surface area contributed by atoms with Crippen molar-refractivity contribution in [2.24, 2.45) is 0 Å². The van der Waals surface area contributed by atoms with Gasteiger partial charge in [0.1, 0.15) is 0 Å². The third-order valence-corrected chi connectivity index (χ3v) is 3.98. The first-order valence-electron chi connectivity index (χ1n) is 8.38. The summed E-state index contributed by atoms with van der Waals surface area (Å²) in [4.78, 5) is 20.9. The second kappa shape index (κ2) is 7.23. The first kappa shape index (κ1) is 16.1. The number of anilines is 1. The average Bonchev–Trinajstić information content (AvgIpc) is 2.94. The second-order valence-corrected chi connectivity index (χ2v) is 5.82. The Morgan fingerprint density at radius 3 is 2.42 bits per heavy atom. The number of hydrogen-bond donors (Lipinski definition) is 1. The molecule has 26 heavy (non-hydrogen) atoms. The molecule has 0 fully saturated rings. The van der Waals surface area contributed by atoms with E-state index in [1.807, 2.05) is 24.3 Å². The van der Waals surface area contributed by atoms with Crippen LogP contribution in [0.1, 0.15) is 16.8 Å². The lowest BCUT2D eigenvalue weighted by molar-refractivity contribution is 0.102. The number of carbonyl (C=O) groups is 1. The summed E-state index contributed by atoms with van der Waals surface area (Å²) in [6.07, 6.45) is 4.22. The van der Waals surface area contributed by atoms with Crippen molar-refractivity contribution in [2.45, 2.75) is 6.42 Å². The van der Waals surface area contributed by atoms with Crippen molar-refractivity contribution in [3.05, 3.63) is 66.5 Å². The number of aromatic nitrogens is 2. The molecular weight excluding hydrogens is 330 g/mol. The highest BCUT2D eigenvalue weighted by molar-refractivity contribution is 6.04. The van der Waals surface area contributed by atoms with Crippen LogP contribution in [0.4, 0.5) is 5.69 Å². The zero-order valence-electron chi connectivity index (χ0n) is 14.0. The largest absolute Gasteiger partial charge is 0.490 e. The average molecular weight is 347 g/mol. The van der Waals surface area contributed by atoms with Crippen LogP contribution in [0, 0.1) is 0 Å². The maximum atomic E-state index is 12.5. The molecular formula is C20H17N3O3. The van der Waals surface area contributed by atoms with Gasteiger partial charge in [0, 0.05) is 35.6 Å². The molecule has 0 unspecified atom stereocenters. The Hall–Kier alpha value is -3.41. The highest BCUT2D eigenvalue weighted by Crippen LogP contribution is 2.30. The molecule has 0 saturated carbocycles. The Morgan fingerprint density at radius 1 is 0.923 bits per heavy atom. The fourth-order valence-corrected chi connectivity index (χ4v) is 2.66. The van der Waals surface area contributed by atoms with Crippen molar-refractivity contribution in [1.82, 2.24) is 9.97 Å². The van der Waals surface area contributed by atoms with Crippen LogP contribution in [-0.2, 0) is 0 Å². The Labute approximate surface area is 150 Å². The highest BCUT2D eigenvalue weighted by atomic mass is 16.5. The summed E-state index contributed by atoms with van der Waals surface area (Å²) in [5.41, 5.74) is 2.10. The zero-order valence-corrected chi connectivity index (χ0v) is 14.0. The molecule has 6 heteroatoms. The van der Waals surface area contributed by atoms with E-state index in [9.17, 15) is 4.79 Å². The van der Waals surface area contributed by atoms with Crippen LogP contribution in [0.3, 0.4) is 0 Å². The molecule has 2 heterocycles.